The van der Waals surface area contributed by atoms with Crippen molar-refractivity contribution in [3.05, 3.63) is 29.8 Å². The zero-order valence-corrected chi connectivity index (χ0v) is 7.53. The number of hydrogen-bond donors (Lipinski definition) is 1. The fourth-order valence-corrected chi connectivity index (χ4v) is 1.40. The minimum Gasteiger partial charge on any atom is -0.508 e. The zero-order chi connectivity index (χ0) is 9.26. The number of benzene rings is 1. The fourth-order valence-electron chi connectivity index (χ4n) is 1.40. The molecule has 1 heterocycles. The summed E-state index contributed by atoms with van der Waals surface area (Å²) in [4.78, 5) is 0. The lowest BCUT2D eigenvalue weighted by Gasteiger charge is -2.20. The van der Waals surface area contributed by atoms with E-state index >= 15 is 0 Å². The van der Waals surface area contributed by atoms with Crippen LogP contribution in [-0.4, -0.2) is 11.2 Å². The maximum atomic E-state index is 9.24. The van der Waals surface area contributed by atoms with Crippen molar-refractivity contribution in [2.45, 2.75) is 19.4 Å². The van der Waals surface area contributed by atoms with Crippen molar-refractivity contribution >= 4 is 6.08 Å². The molecule has 1 aromatic rings. The average molecular weight is 176 g/mol. The minimum atomic E-state index is 0.147. The molecule has 1 N–H and O–H groups in total. The number of phenolic OH excluding ortho intramolecular Hbond substituents is 1. The highest BCUT2D eigenvalue weighted by molar-refractivity contribution is 5.61. The minimum absolute atomic E-state index is 0.147. The fraction of sp³-hybridized carbons (Fsp3) is 0.273. The van der Waals surface area contributed by atoms with Crippen molar-refractivity contribution in [2.24, 2.45) is 0 Å². The number of phenols is 1. The second-order valence-corrected chi connectivity index (χ2v) is 3.15. The topological polar surface area (TPSA) is 29.5 Å². The van der Waals surface area contributed by atoms with E-state index in [1.165, 1.54) is 0 Å². The van der Waals surface area contributed by atoms with Gasteiger partial charge in [-0.25, -0.2) is 0 Å². The molecule has 2 rings (SSSR count). The molecule has 0 fully saturated rings. The first-order chi connectivity index (χ1) is 6.29. The summed E-state index contributed by atoms with van der Waals surface area (Å²) in [6, 6.07) is 5.17. The van der Waals surface area contributed by atoms with Crippen molar-refractivity contribution in [3.8, 4) is 11.5 Å². The second kappa shape index (κ2) is 3.13. The summed E-state index contributed by atoms with van der Waals surface area (Å²) in [5.74, 6) is 1.03. The molecule has 68 valence electrons. The molecule has 2 nitrogen and oxygen atoms in total. The number of ether oxygens (including phenoxy) is 1. The Morgan fingerprint density at radius 1 is 1.46 bits per heavy atom. The zero-order valence-electron chi connectivity index (χ0n) is 7.53. The van der Waals surface area contributed by atoms with E-state index in [-0.39, 0.29) is 11.9 Å². The van der Waals surface area contributed by atoms with Gasteiger partial charge in [-0.2, -0.15) is 0 Å². The Labute approximate surface area is 77.5 Å². The molecular weight excluding hydrogens is 164 g/mol. The van der Waals surface area contributed by atoms with Gasteiger partial charge in [0, 0.05) is 11.6 Å². The van der Waals surface area contributed by atoms with Crippen molar-refractivity contribution in [1.82, 2.24) is 0 Å². The van der Waals surface area contributed by atoms with Crippen molar-refractivity contribution in [3.63, 3.8) is 0 Å². The van der Waals surface area contributed by atoms with Crippen LogP contribution in [0.2, 0.25) is 0 Å². The van der Waals surface area contributed by atoms with E-state index < -0.39 is 0 Å². The number of aromatic hydroxyl groups is 1. The SMILES string of the molecule is CC[C@H]1C=Cc2ccc(O)cc2O1. The predicted octanol–water partition coefficient (Wildman–Crippen LogP) is 2.58. The van der Waals surface area contributed by atoms with Gasteiger partial charge in [-0.3, -0.25) is 0 Å². The Kier molecular flexibility index (Phi) is 1.97. The van der Waals surface area contributed by atoms with Gasteiger partial charge in [0.1, 0.15) is 17.6 Å². The quantitative estimate of drug-likeness (QED) is 0.712. The van der Waals surface area contributed by atoms with E-state index in [2.05, 4.69) is 6.92 Å². The Morgan fingerprint density at radius 3 is 3.08 bits per heavy atom. The summed E-state index contributed by atoms with van der Waals surface area (Å²) in [6.45, 7) is 2.07. The molecule has 0 aromatic heterocycles. The molecule has 1 aliphatic heterocycles. The summed E-state index contributed by atoms with van der Waals surface area (Å²) >= 11 is 0. The standard InChI is InChI=1S/C11H12O2/c1-2-10-6-4-8-3-5-9(12)7-11(8)13-10/h3-7,10,12H,2H2,1H3/t10-/m0/s1. The smallest absolute Gasteiger partial charge is 0.131 e. The molecule has 0 aliphatic carbocycles. The van der Waals surface area contributed by atoms with Gasteiger partial charge in [-0.1, -0.05) is 13.0 Å². The maximum absolute atomic E-state index is 9.24. The molecule has 0 saturated carbocycles. The van der Waals surface area contributed by atoms with Crippen molar-refractivity contribution < 1.29 is 9.84 Å². The van der Waals surface area contributed by atoms with Gasteiger partial charge in [0.25, 0.3) is 0 Å². The van der Waals surface area contributed by atoms with Crippen LogP contribution in [-0.2, 0) is 0 Å². The van der Waals surface area contributed by atoms with Gasteiger partial charge in [0.2, 0.25) is 0 Å². The van der Waals surface area contributed by atoms with Crippen LogP contribution in [0, 0.1) is 0 Å². The van der Waals surface area contributed by atoms with Gasteiger partial charge in [-0.15, -0.1) is 0 Å². The summed E-state index contributed by atoms with van der Waals surface area (Å²) in [5.41, 5.74) is 1.03. The van der Waals surface area contributed by atoms with Crippen LogP contribution >= 0.6 is 0 Å². The Morgan fingerprint density at radius 2 is 2.31 bits per heavy atom. The third-order valence-corrected chi connectivity index (χ3v) is 2.17. The van der Waals surface area contributed by atoms with Crippen molar-refractivity contribution in [1.29, 1.82) is 0 Å². The summed E-state index contributed by atoms with van der Waals surface area (Å²) in [6.07, 6.45) is 5.17. The first-order valence-corrected chi connectivity index (χ1v) is 4.47. The largest absolute Gasteiger partial charge is 0.508 e. The van der Waals surface area contributed by atoms with Gasteiger partial charge < -0.3 is 9.84 Å². The predicted molar refractivity (Wildman–Crippen MR) is 51.8 cm³/mol. The van der Waals surface area contributed by atoms with Gasteiger partial charge >= 0.3 is 0 Å². The van der Waals surface area contributed by atoms with Crippen LogP contribution in [0.15, 0.2) is 24.3 Å². The van der Waals surface area contributed by atoms with E-state index in [0.29, 0.717) is 0 Å². The lowest BCUT2D eigenvalue weighted by Crippen LogP contribution is -2.15. The van der Waals surface area contributed by atoms with E-state index in [1.807, 2.05) is 18.2 Å². The highest BCUT2D eigenvalue weighted by atomic mass is 16.5. The molecule has 2 heteroatoms. The Balaban J connectivity index is 2.36. The molecule has 1 aliphatic rings. The summed E-state index contributed by atoms with van der Waals surface area (Å²) in [5, 5.41) is 9.24. The van der Waals surface area contributed by atoms with Crippen molar-refractivity contribution in [2.75, 3.05) is 0 Å². The van der Waals surface area contributed by atoms with Crippen LogP contribution < -0.4 is 4.74 Å². The number of rotatable bonds is 1. The Bertz CT molecular complexity index is 342. The number of hydrogen-bond acceptors (Lipinski definition) is 2. The van der Waals surface area contributed by atoms with E-state index in [1.54, 1.807) is 12.1 Å². The normalized spacial score (nSPS) is 19.3. The molecular formula is C11H12O2. The highest BCUT2D eigenvalue weighted by Gasteiger charge is 2.12. The molecule has 0 bridgehead atoms. The monoisotopic (exact) mass is 176 g/mol. The average Bonchev–Trinajstić information content (AvgIpc) is 2.16. The molecule has 1 atom stereocenters. The van der Waals surface area contributed by atoms with Crippen LogP contribution in [0.4, 0.5) is 0 Å². The summed E-state index contributed by atoms with van der Waals surface area (Å²) < 4.78 is 5.62. The third-order valence-electron chi connectivity index (χ3n) is 2.17. The molecule has 0 radical (unpaired) electrons. The molecule has 1 aromatic carbocycles. The van der Waals surface area contributed by atoms with E-state index in [4.69, 9.17) is 4.74 Å². The van der Waals surface area contributed by atoms with Crippen LogP contribution in [0.3, 0.4) is 0 Å². The van der Waals surface area contributed by atoms with Crippen LogP contribution in [0.1, 0.15) is 18.9 Å². The summed E-state index contributed by atoms with van der Waals surface area (Å²) in [7, 11) is 0. The van der Waals surface area contributed by atoms with Crippen LogP contribution in [0.25, 0.3) is 6.08 Å². The molecule has 0 spiro atoms. The van der Waals surface area contributed by atoms with Gasteiger partial charge in [-0.05, 0) is 24.6 Å². The van der Waals surface area contributed by atoms with Crippen LogP contribution in [0.5, 0.6) is 11.5 Å². The highest BCUT2D eigenvalue weighted by Crippen LogP contribution is 2.29. The second-order valence-electron chi connectivity index (χ2n) is 3.15. The first-order valence-electron chi connectivity index (χ1n) is 4.47. The van der Waals surface area contributed by atoms with Gasteiger partial charge in [0.05, 0.1) is 0 Å². The van der Waals surface area contributed by atoms with Gasteiger partial charge in [0.15, 0.2) is 0 Å². The molecule has 0 amide bonds. The first kappa shape index (κ1) is 8.17. The van der Waals surface area contributed by atoms with E-state index in [9.17, 15) is 5.11 Å². The molecule has 0 saturated heterocycles. The maximum Gasteiger partial charge on any atom is 0.131 e. The lowest BCUT2D eigenvalue weighted by molar-refractivity contribution is 0.240. The molecule has 0 unspecified atom stereocenters. The lowest BCUT2D eigenvalue weighted by atomic mass is 10.1. The Hall–Kier alpha value is -1.44. The van der Waals surface area contributed by atoms with E-state index in [0.717, 1.165) is 17.7 Å². The third kappa shape index (κ3) is 1.52. The molecule has 13 heavy (non-hydrogen) atoms. The number of fused-ring (bicyclic) bond motifs is 1.